The lowest BCUT2D eigenvalue weighted by Crippen LogP contribution is -2.62. The summed E-state index contributed by atoms with van der Waals surface area (Å²) in [6.07, 6.45) is 5.38. The van der Waals surface area contributed by atoms with Crippen molar-refractivity contribution in [3.63, 3.8) is 0 Å². The molecule has 2 aromatic carbocycles. The number of nitrogens with two attached hydrogens (primary N) is 1. The average molecular weight is 1020 g/mol. The third-order valence-corrected chi connectivity index (χ3v) is 11.7. The van der Waals surface area contributed by atoms with Crippen molar-refractivity contribution < 1.29 is 62.5 Å². The number of aliphatic hydroxyl groups is 2. The van der Waals surface area contributed by atoms with Crippen LogP contribution in [0.2, 0.25) is 0 Å². The van der Waals surface area contributed by atoms with Crippen LogP contribution >= 0.6 is 0 Å². The molecule has 0 saturated heterocycles. The highest BCUT2D eigenvalue weighted by Crippen LogP contribution is 2.37. The molecule has 0 saturated carbocycles. The van der Waals surface area contributed by atoms with Gasteiger partial charge in [-0.2, -0.15) is 0 Å². The number of aromatic nitrogens is 2. The van der Waals surface area contributed by atoms with Crippen LogP contribution in [0.25, 0.3) is 11.1 Å². The Labute approximate surface area is 421 Å². The number of amides is 7. The lowest BCUT2D eigenvalue weighted by molar-refractivity contribution is -0.159. The van der Waals surface area contributed by atoms with Gasteiger partial charge in [0.05, 0.1) is 32.1 Å². The van der Waals surface area contributed by atoms with Gasteiger partial charge in [0.1, 0.15) is 36.3 Å². The molecule has 0 radical (unpaired) electrons. The number of imide groups is 1. The minimum absolute atomic E-state index is 0.0281. The van der Waals surface area contributed by atoms with Gasteiger partial charge in [-0.25, -0.2) is 13.6 Å². The summed E-state index contributed by atoms with van der Waals surface area (Å²) in [7, 11) is 1.34. The molecule has 8 N–H and O–H groups in total. The van der Waals surface area contributed by atoms with Crippen molar-refractivity contribution in [1.82, 2.24) is 40.2 Å². The second-order valence-electron chi connectivity index (χ2n) is 18.1. The maximum absolute atomic E-state index is 15.3. The highest BCUT2D eigenvalue weighted by Gasteiger charge is 2.43. The van der Waals surface area contributed by atoms with E-state index in [0.717, 1.165) is 50.6 Å². The molecular weight excluding hydrogens is 953 g/mol. The van der Waals surface area contributed by atoms with Crippen molar-refractivity contribution in [2.24, 2.45) is 11.1 Å². The van der Waals surface area contributed by atoms with Crippen LogP contribution < -0.4 is 21.7 Å². The first-order chi connectivity index (χ1) is 34.6. The summed E-state index contributed by atoms with van der Waals surface area (Å²) in [6.45, 7) is 6.04. The molecule has 1 aliphatic heterocycles. The SMILES string of the molecule is C[C@@H](C(=O)N([C@@H](CC(N)=O)C(=O)O)[C@@H](CCN[C@@H](c1cc(-c2cc(F)ccc2F)cn1Cc1ccccc1)C(C)(C)C)C(=O)NCCNC(=O)CN1C(=O)C=CC1=O)N(C)C(=O)Cc1ccncc1.OCCO. The smallest absolute Gasteiger partial charge is 0.326 e. The number of aliphatic carboxylic acids is 1. The minimum Gasteiger partial charge on any atom is -0.480 e. The van der Waals surface area contributed by atoms with Crippen molar-refractivity contribution in [2.75, 3.05) is 46.4 Å². The highest BCUT2D eigenvalue weighted by molar-refractivity contribution is 6.14. The number of hydrogen-bond donors (Lipinski definition) is 7. The van der Waals surface area contributed by atoms with Gasteiger partial charge < -0.3 is 51.4 Å². The summed E-state index contributed by atoms with van der Waals surface area (Å²) in [6, 6.07) is 11.9. The van der Waals surface area contributed by atoms with Crippen LogP contribution in [0.3, 0.4) is 0 Å². The van der Waals surface area contributed by atoms with Gasteiger partial charge in [-0.1, -0.05) is 51.1 Å². The first-order valence-corrected chi connectivity index (χ1v) is 23.3. The number of likely N-dealkylation sites (N-methyl/N-ethyl adjacent to an activating group) is 1. The predicted octanol–water partition coefficient (Wildman–Crippen LogP) is 1.69. The largest absolute Gasteiger partial charge is 0.480 e. The maximum Gasteiger partial charge on any atom is 0.326 e. The third-order valence-electron chi connectivity index (χ3n) is 11.7. The second kappa shape index (κ2) is 27.2. The molecule has 1 aliphatic rings. The standard InChI is InChI=1S/C49H57F2N9O9.C2H6O2/c1-30(57(5)44(65)23-31-15-18-53-19-16-31)47(67)60(39(48(68)69)26-40(52)61)37(46(66)56-22-21-54-41(62)29-59-42(63)13-14-43(59)64)17-20-55-45(49(2,3)4)38-24-33(35-25-34(50)11-12-36(35)51)28-58(38)27-32-9-7-6-8-10-32;3-1-2-4/h6-16,18-19,24-25,28,30,37,39,45,55H,17,20-23,26-27,29H2,1-5H3,(H2,52,61)(H,54,62)(H,56,66)(H,68,69);3-4H,1-2H2/t30-,37-,39-,45-;/m0./s1. The van der Waals surface area contributed by atoms with Gasteiger partial charge in [0.2, 0.25) is 29.5 Å². The van der Waals surface area contributed by atoms with E-state index in [1.165, 1.54) is 26.4 Å². The Bertz CT molecular complexity index is 2590. The van der Waals surface area contributed by atoms with E-state index in [-0.39, 0.29) is 51.3 Å². The molecule has 0 fully saturated rings. The Morgan fingerprint density at radius 2 is 1.47 bits per heavy atom. The van der Waals surface area contributed by atoms with Gasteiger partial charge in [0.15, 0.2) is 0 Å². The van der Waals surface area contributed by atoms with E-state index in [1.807, 2.05) is 55.7 Å². The Balaban J connectivity index is 0.00000278. The normalized spacial score (nSPS) is 13.8. The third kappa shape index (κ3) is 16.7. The molecule has 0 aliphatic carbocycles. The summed E-state index contributed by atoms with van der Waals surface area (Å²) in [5.74, 6) is -8.54. The fraction of sp³-hybridized carbons (Fsp3) is 0.392. The Hall–Kier alpha value is -7.69. The molecule has 3 heterocycles. The van der Waals surface area contributed by atoms with Crippen molar-refractivity contribution in [3.05, 3.63) is 126 Å². The number of carbonyl (C=O) groups is 8. The first-order valence-electron chi connectivity index (χ1n) is 23.3. The molecule has 0 bridgehead atoms. The Morgan fingerprint density at radius 3 is 2.05 bits per heavy atom. The van der Waals surface area contributed by atoms with Crippen molar-refractivity contribution >= 4 is 47.3 Å². The number of halogens is 2. The van der Waals surface area contributed by atoms with Crippen LogP contribution in [0.15, 0.2) is 97.5 Å². The summed E-state index contributed by atoms with van der Waals surface area (Å²) in [4.78, 5) is 111. The lowest BCUT2D eigenvalue weighted by Gasteiger charge is -2.39. The quantitative estimate of drug-likeness (QED) is 0.0389. The number of carbonyl (C=O) groups excluding carboxylic acids is 7. The summed E-state index contributed by atoms with van der Waals surface area (Å²) in [5, 5.41) is 34.4. The fourth-order valence-corrected chi connectivity index (χ4v) is 7.88. The number of benzene rings is 2. The van der Waals surface area contributed by atoms with Crippen molar-refractivity contribution in [1.29, 1.82) is 0 Å². The minimum atomic E-state index is -1.99. The molecular formula is C51H63F2N9O11. The number of aliphatic hydroxyl groups excluding tert-OH is 2. The van der Waals surface area contributed by atoms with Gasteiger partial charge in [-0.3, -0.25) is 43.4 Å². The summed E-state index contributed by atoms with van der Waals surface area (Å²) < 4.78 is 31.7. The molecule has 4 aromatic rings. The van der Waals surface area contributed by atoms with E-state index in [4.69, 9.17) is 15.9 Å². The van der Waals surface area contributed by atoms with E-state index in [0.29, 0.717) is 23.4 Å². The molecule has 0 spiro atoms. The molecule has 392 valence electrons. The van der Waals surface area contributed by atoms with E-state index in [1.54, 1.807) is 24.4 Å². The number of pyridine rings is 1. The number of rotatable bonds is 24. The first kappa shape index (κ1) is 57.9. The molecule has 4 atom stereocenters. The molecule has 2 aromatic heterocycles. The van der Waals surface area contributed by atoms with E-state index >= 15 is 4.39 Å². The van der Waals surface area contributed by atoms with Gasteiger partial charge in [-0.05, 0) is 72.8 Å². The van der Waals surface area contributed by atoms with Gasteiger partial charge in [-0.15, -0.1) is 0 Å². The van der Waals surface area contributed by atoms with Gasteiger partial charge in [0, 0.05) is 74.2 Å². The van der Waals surface area contributed by atoms with Crippen LogP contribution in [-0.2, 0) is 51.3 Å². The number of hydrogen-bond acceptors (Lipinski definition) is 12. The Morgan fingerprint density at radius 1 is 0.836 bits per heavy atom. The van der Waals surface area contributed by atoms with E-state index in [2.05, 4.69) is 20.9 Å². The van der Waals surface area contributed by atoms with Crippen LogP contribution in [0, 0.1) is 17.0 Å². The molecule has 5 rings (SSSR count). The van der Waals surface area contributed by atoms with Crippen LogP contribution in [0.5, 0.6) is 0 Å². The van der Waals surface area contributed by atoms with E-state index in [9.17, 15) is 47.9 Å². The number of nitrogens with zero attached hydrogens (tertiary/aromatic N) is 5. The maximum atomic E-state index is 15.3. The van der Waals surface area contributed by atoms with Crippen LogP contribution in [0.1, 0.15) is 63.4 Å². The number of primary amides is 1. The molecule has 22 heteroatoms. The van der Waals surface area contributed by atoms with Crippen molar-refractivity contribution in [2.45, 2.75) is 77.7 Å². The monoisotopic (exact) mass is 1020 g/mol. The summed E-state index contributed by atoms with van der Waals surface area (Å²) >= 11 is 0. The molecule has 7 amide bonds. The van der Waals surface area contributed by atoms with Crippen LogP contribution in [-0.4, -0.2) is 151 Å². The van der Waals surface area contributed by atoms with E-state index < -0.39 is 102 Å². The predicted molar refractivity (Wildman–Crippen MR) is 262 cm³/mol. The molecule has 73 heavy (non-hydrogen) atoms. The zero-order valence-electron chi connectivity index (χ0n) is 41.3. The number of carboxylic acids is 1. The van der Waals surface area contributed by atoms with Crippen molar-refractivity contribution in [3.8, 4) is 11.1 Å². The second-order valence-corrected chi connectivity index (χ2v) is 18.1. The van der Waals surface area contributed by atoms with Gasteiger partial charge in [0.25, 0.3) is 11.8 Å². The molecule has 20 nitrogen and oxygen atoms in total. The fourth-order valence-electron chi connectivity index (χ4n) is 7.88. The zero-order valence-corrected chi connectivity index (χ0v) is 41.3. The molecule has 0 unspecified atom stereocenters. The number of carboxylic acid groups (broad SMARTS) is 1. The Kier molecular flexibility index (Phi) is 21.6. The summed E-state index contributed by atoms with van der Waals surface area (Å²) in [5.41, 5.74) is 7.45. The lowest BCUT2D eigenvalue weighted by atomic mass is 9.84. The van der Waals surface area contributed by atoms with Crippen LogP contribution in [0.4, 0.5) is 8.78 Å². The average Bonchev–Trinajstić information content (AvgIpc) is 3.90. The van der Waals surface area contributed by atoms with Gasteiger partial charge >= 0.3 is 5.97 Å². The zero-order chi connectivity index (χ0) is 54.0. The topological polar surface area (TPSA) is 287 Å². The highest BCUT2D eigenvalue weighted by atomic mass is 19.1. The number of nitrogens with one attached hydrogen (secondary N) is 3.